The maximum atomic E-state index is 10.8. The normalized spacial score (nSPS) is 16.6. The van der Waals surface area contributed by atoms with Gasteiger partial charge < -0.3 is 25.5 Å². The van der Waals surface area contributed by atoms with Crippen molar-refractivity contribution in [2.24, 2.45) is 0 Å². The molecular weight excluding hydrogens is 282 g/mol. The third-order valence-electron chi connectivity index (χ3n) is 3.08. The Balaban J connectivity index is 5.41. The van der Waals surface area contributed by atoms with Gasteiger partial charge in [-0.25, -0.2) is 0 Å². The van der Waals surface area contributed by atoms with Crippen LogP contribution in [0.3, 0.4) is 0 Å². The van der Waals surface area contributed by atoms with Crippen molar-refractivity contribution in [3.63, 3.8) is 0 Å². The van der Waals surface area contributed by atoms with Crippen molar-refractivity contribution < 1.29 is 38.5 Å². The number of aliphatic hydroxyl groups is 5. The molecule has 0 spiro atoms. The second-order valence-corrected chi connectivity index (χ2v) is 5.64. The van der Waals surface area contributed by atoms with E-state index < -0.39 is 47.1 Å². The van der Waals surface area contributed by atoms with Gasteiger partial charge in [-0.2, -0.15) is 8.42 Å². The minimum absolute atomic E-state index is 0.106. The highest BCUT2D eigenvalue weighted by Crippen LogP contribution is 2.23. The number of hydrogen-bond acceptors (Lipinski definition) is 8. The van der Waals surface area contributed by atoms with Gasteiger partial charge in [0.05, 0.1) is 25.4 Å². The first-order valence-corrected chi connectivity index (χ1v) is 7.12. The van der Waals surface area contributed by atoms with Crippen LogP contribution in [0.15, 0.2) is 0 Å². The van der Waals surface area contributed by atoms with Crippen molar-refractivity contribution in [3.8, 4) is 0 Å². The standard InChI is InChI=1S/C9H21NO8S/c1-2-9(5-12,6-13)10(3-4-11)7(14)8(15)19(16,17)18/h7-8,11-15H,2-6H2,1H3,(H,16,17,18). The number of nitrogens with zero attached hydrogens (tertiary/aromatic N) is 1. The Bertz CT molecular complexity index is 347. The van der Waals surface area contributed by atoms with E-state index in [1.165, 1.54) is 0 Å². The van der Waals surface area contributed by atoms with Crippen molar-refractivity contribution in [2.75, 3.05) is 26.4 Å². The molecule has 6 N–H and O–H groups in total. The molecule has 116 valence electrons. The molecule has 19 heavy (non-hydrogen) atoms. The molecule has 0 aliphatic heterocycles. The molecule has 0 aromatic heterocycles. The first-order chi connectivity index (χ1) is 8.70. The topological polar surface area (TPSA) is 159 Å². The van der Waals surface area contributed by atoms with Gasteiger partial charge in [0.2, 0.25) is 5.44 Å². The first-order valence-electron chi connectivity index (χ1n) is 5.62. The van der Waals surface area contributed by atoms with Crippen LogP contribution in [0.5, 0.6) is 0 Å². The van der Waals surface area contributed by atoms with Crippen molar-refractivity contribution in [2.45, 2.75) is 30.5 Å². The summed E-state index contributed by atoms with van der Waals surface area (Å²) < 4.78 is 30.3. The van der Waals surface area contributed by atoms with E-state index in [0.29, 0.717) is 0 Å². The van der Waals surface area contributed by atoms with Crippen molar-refractivity contribution >= 4 is 10.1 Å². The third-order valence-corrected chi connectivity index (χ3v) is 3.93. The van der Waals surface area contributed by atoms with E-state index in [0.717, 1.165) is 4.90 Å². The second-order valence-electron chi connectivity index (χ2n) is 4.13. The van der Waals surface area contributed by atoms with Crippen LogP contribution in [0.25, 0.3) is 0 Å². The lowest BCUT2D eigenvalue weighted by Crippen LogP contribution is -2.62. The maximum absolute atomic E-state index is 10.8. The van der Waals surface area contributed by atoms with E-state index in [1.807, 2.05) is 0 Å². The van der Waals surface area contributed by atoms with Crippen LogP contribution in [0, 0.1) is 0 Å². The summed E-state index contributed by atoms with van der Waals surface area (Å²) in [5.41, 5.74) is -3.98. The molecule has 2 atom stereocenters. The molecule has 2 unspecified atom stereocenters. The molecule has 9 nitrogen and oxygen atoms in total. The largest absolute Gasteiger partial charge is 0.395 e. The Morgan fingerprint density at radius 3 is 1.89 bits per heavy atom. The number of aliphatic hydroxyl groups excluding tert-OH is 5. The molecule has 0 saturated carbocycles. The Morgan fingerprint density at radius 2 is 1.63 bits per heavy atom. The summed E-state index contributed by atoms with van der Waals surface area (Å²) in [6.45, 7) is -0.562. The molecule has 0 fully saturated rings. The quantitative estimate of drug-likeness (QED) is 0.192. The Kier molecular flexibility index (Phi) is 7.32. The summed E-state index contributed by atoms with van der Waals surface area (Å²) in [6, 6.07) is 0. The molecule has 0 aromatic carbocycles. The highest BCUT2D eigenvalue weighted by atomic mass is 32.2. The lowest BCUT2D eigenvalue weighted by molar-refractivity contribution is -0.139. The number of rotatable bonds is 9. The highest BCUT2D eigenvalue weighted by Gasteiger charge is 2.43. The van der Waals surface area contributed by atoms with Gasteiger partial charge in [-0.15, -0.1) is 0 Å². The summed E-state index contributed by atoms with van der Waals surface area (Å²) in [5, 5.41) is 46.7. The van der Waals surface area contributed by atoms with Gasteiger partial charge in [0, 0.05) is 6.54 Å². The molecule has 0 heterocycles. The van der Waals surface area contributed by atoms with E-state index >= 15 is 0 Å². The summed E-state index contributed by atoms with van der Waals surface area (Å²) in [6.07, 6.45) is -2.00. The molecular formula is C9H21NO8S. The molecule has 10 heteroatoms. The van der Waals surface area contributed by atoms with Crippen molar-refractivity contribution in [1.82, 2.24) is 4.90 Å². The number of hydrogen-bond donors (Lipinski definition) is 6. The summed E-state index contributed by atoms with van der Waals surface area (Å²) >= 11 is 0. The van der Waals surface area contributed by atoms with Crippen LogP contribution < -0.4 is 0 Å². The molecule has 0 aliphatic carbocycles. The Hall–Kier alpha value is -0.330. The van der Waals surface area contributed by atoms with Gasteiger partial charge in [-0.1, -0.05) is 6.92 Å². The van der Waals surface area contributed by atoms with E-state index in [4.69, 9.17) is 9.66 Å². The molecule has 0 aliphatic rings. The SMILES string of the molecule is CCC(CO)(CO)N(CCO)C(O)C(O)S(=O)(=O)O. The summed E-state index contributed by atoms with van der Waals surface area (Å²) in [7, 11) is -4.93. The van der Waals surface area contributed by atoms with Crippen molar-refractivity contribution in [1.29, 1.82) is 0 Å². The van der Waals surface area contributed by atoms with Crippen LogP contribution in [0.4, 0.5) is 0 Å². The van der Waals surface area contributed by atoms with Crippen LogP contribution in [-0.4, -0.2) is 87.0 Å². The van der Waals surface area contributed by atoms with Gasteiger partial charge in [-0.3, -0.25) is 9.45 Å². The van der Waals surface area contributed by atoms with E-state index in [-0.39, 0.29) is 13.0 Å². The molecule has 0 radical (unpaired) electrons. The second kappa shape index (κ2) is 7.45. The molecule has 0 amide bonds. The van der Waals surface area contributed by atoms with Crippen LogP contribution >= 0.6 is 0 Å². The van der Waals surface area contributed by atoms with Gasteiger partial charge in [0.15, 0.2) is 6.23 Å². The van der Waals surface area contributed by atoms with E-state index in [2.05, 4.69) is 0 Å². The lowest BCUT2D eigenvalue weighted by Gasteiger charge is -2.44. The average Bonchev–Trinajstić information content (AvgIpc) is 2.37. The molecule has 0 saturated heterocycles. The van der Waals surface area contributed by atoms with Gasteiger partial charge in [-0.05, 0) is 6.42 Å². The maximum Gasteiger partial charge on any atom is 0.296 e. The van der Waals surface area contributed by atoms with Crippen LogP contribution in [0.1, 0.15) is 13.3 Å². The zero-order valence-electron chi connectivity index (χ0n) is 10.5. The molecule has 0 rings (SSSR count). The lowest BCUT2D eigenvalue weighted by atomic mass is 9.95. The monoisotopic (exact) mass is 303 g/mol. The highest BCUT2D eigenvalue weighted by molar-refractivity contribution is 7.86. The average molecular weight is 303 g/mol. The Morgan fingerprint density at radius 1 is 1.16 bits per heavy atom. The van der Waals surface area contributed by atoms with E-state index in [9.17, 15) is 28.8 Å². The summed E-state index contributed by atoms with van der Waals surface area (Å²) in [4.78, 5) is 0.839. The zero-order valence-corrected chi connectivity index (χ0v) is 11.4. The number of β-amino-alcohol motifs (C(OH)–C–C–N with tert-alkyl or cyclic N) is 1. The molecule has 0 bridgehead atoms. The predicted octanol–water partition coefficient (Wildman–Crippen LogP) is -3.06. The zero-order chi connectivity index (χ0) is 15.3. The van der Waals surface area contributed by atoms with Gasteiger partial charge in [0.1, 0.15) is 0 Å². The minimum atomic E-state index is -4.93. The molecule has 0 aromatic rings. The summed E-state index contributed by atoms with van der Waals surface area (Å²) in [5.74, 6) is 0. The first kappa shape index (κ1) is 18.7. The van der Waals surface area contributed by atoms with Gasteiger partial charge in [0.25, 0.3) is 10.1 Å². The fourth-order valence-corrected chi connectivity index (χ4v) is 2.18. The fraction of sp³-hybridized carbons (Fsp3) is 1.00. The smallest absolute Gasteiger partial charge is 0.296 e. The van der Waals surface area contributed by atoms with Crippen LogP contribution in [-0.2, 0) is 10.1 Å². The van der Waals surface area contributed by atoms with E-state index in [1.54, 1.807) is 6.92 Å². The third kappa shape index (κ3) is 4.33. The van der Waals surface area contributed by atoms with Gasteiger partial charge >= 0.3 is 0 Å². The van der Waals surface area contributed by atoms with Crippen LogP contribution in [0.2, 0.25) is 0 Å². The predicted molar refractivity (Wildman–Crippen MR) is 64.5 cm³/mol. The fourth-order valence-electron chi connectivity index (χ4n) is 1.72. The van der Waals surface area contributed by atoms with Crippen molar-refractivity contribution in [3.05, 3.63) is 0 Å². The Labute approximate surface area is 111 Å². The minimum Gasteiger partial charge on any atom is -0.395 e.